The van der Waals surface area contributed by atoms with Gasteiger partial charge in [-0.2, -0.15) is 13.2 Å². The van der Waals surface area contributed by atoms with E-state index in [0.29, 0.717) is 0 Å². The van der Waals surface area contributed by atoms with Crippen LogP contribution in [0.3, 0.4) is 0 Å². The van der Waals surface area contributed by atoms with Crippen molar-refractivity contribution < 1.29 is 47.0 Å². The van der Waals surface area contributed by atoms with E-state index in [9.17, 15) is 21.6 Å². The Bertz CT molecular complexity index is 218. The first-order chi connectivity index (χ1) is 4.81. The molecule has 0 aromatic rings. The summed E-state index contributed by atoms with van der Waals surface area (Å²) in [4.78, 5) is 0. The molecule has 0 radical (unpaired) electrons. The van der Waals surface area contributed by atoms with Gasteiger partial charge >= 0.3 is 34.4 Å². The number of nitrogens with one attached hydrogen (secondary N) is 1. The van der Waals surface area contributed by atoms with Crippen LogP contribution >= 0.6 is 0 Å². The molecule has 0 aliphatic heterocycles. The zero-order chi connectivity index (χ0) is 9.12. The Balaban J connectivity index is -0.000000500. The third-order valence-corrected chi connectivity index (χ3v) is 1.90. The molecule has 0 aromatic carbocycles. The zero-order valence-electron chi connectivity index (χ0n) is 7.22. The second kappa shape index (κ2) is 5.09. The minimum absolute atomic E-state index is 0. The van der Waals surface area contributed by atoms with Gasteiger partial charge in [0.05, 0.1) is 6.61 Å². The van der Waals surface area contributed by atoms with Crippen LogP contribution in [0.25, 0.3) is 0 Å². The van der Waals surface area contributed by atoms with Gasteiger partial charge in [-0.3, -0.25) is 0 Å². The van der Waals surface area contributed by atoms with E-state index in [2.05, 4.69) is 0 Å². The summed E-state index contributed by atoms with van der Waals surface area (Å²) in [7, 11) is -5.27. The van der Waals surface area contributed by atoms with Gasteiger partial charge in [0.1, 0.15) is 0 Å². The molecule has 0 heterocycles. The monoisotopic (exact) mass is 201 g/mol. The molecule has 0 spiro atoms. The van der Waals surface area contributed by atoms with Gasteiger partial charge in [0.15, 0.2) is 0 Å². The van der Waals surface area contributed by atoms with Crippen molar-refractivity contribution in [1.29, 1.82) is 0 Å². The van der Waals surface area contributed by atoms with E-state index in [1.54, 1.807) is 0 Å². The van der Waals surface area contributed by atoms with E-state index >= 15 is 0 Å². The van der Waals surface area contributed by atoms with Crippen LogP contribution in [0.5, 0.6) is 0 Å². The summed E-state index contributed by atoms with van der Waals surface area (Å²) in [6.45, 7) is -1.31. The fourth-order valence-corrected chi connectivity index (χ4v) is 0.786. The molecule has 0 aliphatic carbocycles. The quantitative estimate of drug-likeness (QED) is 0.466. The predicted molar refractivity (Wildman–Crippen MR) is 31.2 cm³/mol. The predicted octanol–water partition coefficient (Wildman–Crippen LogP) is -3.47. The average Bonchev–Trinajstić information content (AvgIpc) is 1.81. The molecular weight excluding hydrogens is 194 g/mol. The van der Waals surface area contributed by atoms with Crippen molar-refractivity contribution in [3.8, 4) is 0 Å². The summed E-state index contributed by atoms with van der Waals surface area (Å²) in [6.07, 6.45) is 0. The van der Waals surface area contributed by atoms with Crippen LogP contribution < -0.4 is 23.6 Å². The average molecular weight is 201 g/mol. The fraction of sp³-hybridized carbons (Fsp3) is 1.00. The van der Waals surface area contributed by atoms with Crippen molar-refractivity contribution in [2.24, 2.45) is 0 Å². The molecule has 9 heteroatoms. The fourth-order valence-electron chi connectivity index (χ4n) is 0.262. The molecule has 70 valence electrons. The Labute approximate surface area is 80.9 Å². The second-order valence-electron chi connectivity index (χ2n) is 1.57. The van der Waals surface area contributed by atoms with Gasteiger partial charge in [0.2, 0.25) is 0 Å². The summed E-state index contributed by atoms with van der Waals surface area (Å²) in [5.74, 6) is 0. The van der Waals surface area contributed by atoms with E-state index in [1.807, 2.05) is 0 Å². The van der Waals surface area contributed by atoms with E-state index in [0.717, 1.165) is 4.72 Å². The largest absolute Gasteiger partial charge is 1.00 e. The third-order valence-electron chi connectivity index (χ3n) is 0.709. The molecule has 4 nitrogen and oxygen atoms in total. The molecule has 0 aliphatic rings. The second-order valence-corrected chi connectivity index (χ2v) is 3.33. The van der Waals surface area contributed by atoms with Crippen LogP contribution in [0.15, 0.2) is 0 Å². The molecule has 0 saturated heterocycles. The van der Waals surface area contributed by atoms with Gasteiger partial charge in [0.25, 0.3) is 0 Å². The van der Waals surface area contributed by atoms with Crippen LogP contribution in [-0.2, 0) is 10.0 Å². The number of rotatable bonds is 3. The molecule has 2 N–H and O–H groups in total. The molecule has 0 rings (SSSR count). The molecule has 0 atom stereocenters. The summed E-state index contributed by atoms with van der Waals surface area (Å²) < 4.78 is 55.5. The number of aliphatic hydroxyl groups excluding tert-OH is 1. The van der Waals surface area contributed by atoms with Crippen molar-refractivity contribution >= 4 is 10.0 Å². The normalized spacial score (nSPS) is 12.3. The van der Waals surface area contributed by atoms with E-state index < -0.39 is 28.7 Å². The van der Waals surface area contributed by atoms with Gasteiger partial charge in [-0.1, -0.05) is 0 Å². The third kappa shape index (κ3) is 4.32. The van der Waals surface area contributed by atoms with Crippen molar-refractivity contribution in [2.75, 3.05) is 13.2 Å². The van der Waals surface area contributed by atoms with Gasteiger partial charge < -0.3 is 6.53 Å². The Morgan fingerprint density at radius 3 is 2.08 bits per heavy atom. The Hall–Kier alpha value is 0.257. The van der Waals surface area contributed by atoms with E-state index in [4.69, 9.17) is 5.11 Å². The first-order valence-corrected chi connectivity index (χ1v) is 3.96. The Kier molecular flexibility index (Phi) is 6.26. The minimum atomic E-state index is -5.30. The van der Waals surface area contributed by atoms with Crippen molar-refractivity contribution in [3.63, 3.8) is 0 Å². The van der Waals surface area contributed by atoms with Crippen molar-refractivity contribution in [3.05, 3.63) is 0 Å². The molecule has 0 bridgehead atoms. The summed E-state index contributed by atoms with van der Waals surface area (Å²) >= 11 is 0. The van der Waals surface area contributed by atoms with Crippen LogP contribution in [0, 0.1) is 0 Å². The van der Waals surface area contributed by atoms with Crippen molar-refractivity contribution in [2.45, 2.75) is 5.51 Å². The number of hydrogen-bond donors (Lipinski definition) is 2. The van der Waals surface area contributed by atoms with E-state index in [-0.39, 0.29) is 20.3 Å². The summed E-state index contributed by atoms with van der Waals surface area (Å²) in [5.41, 5.74) is -5.30. The van der Waals surface area contributed by atoms with Crippen LogP contribution in [0.2, 0.25) is 0 Å². The smallest absolute Gasteiger partial charge is 1.00 e. The summed E-state index contributed by atoms with van der Waals surface area (Å²) in [6, 6.07) is 0. The van der Waals surface area contributed by atoms with E-state index in [1.165, 1.54) is 0 Å². The summed E-state index contributed by atoms with van der Waals surface area (Å²) in [5, 5.41) is 8.00. The minimum Gasteiger partial charge on any atom is -1.00 e. The maximum Gasteiger partial charge on any atom is 1.00 e. The molecule has 0 saturated carbocycles. The number of aliphatic hydroxyl groups is 1. The maximum absolute atomic E-state index is 11.4. The van der Waals surface area contributed by atoms with Gasteiger partial charge in [-0.25, -0.2) is 13.1 Å². The Morgan fingerprint density at radius 1 is 1.42 bits per heavy atom. The SMILES string of the molecule is O=S(=O)(NCCO)C(F)(F)F.[H-].[Li+]. The maximum atomic E-state index is 11.4. The first-order valence-electron chi connectivity index (χ1n) is 2.48. The van der Waals surface area contributed by atoms with Crippen LogP contribution in [-0.4, -0.2) is 32.2 Å². The van der Waals surface area contributed by atoms with Crippen molar-refractivity contribution in [1.82, 2.24) is 4.72 Å². The van der Waals surface area contributed by atoms with Gasteiger partial charge in [-0.05, 0) is 0 Å². The molecule has 0 unspecified atom stereocenters. The molecule has 12 heavy (non-hydrogen) atoms. The number of sulfonamides is 1. The zero-order valence-corrected chi connectivity index (χ0v) is 7.04. The molecule has 0 fully saturated rings. The number of alkyl halides is 3. The first kappa shape index (κ1) is 14.8. The molecule has 0 aromatic heterocycles. The molecular formula is C3H7F3LiNO3S. The van der Waals surface area contributed by atoms with Crippen LogP contribution in [0.1, 0.15) is 1.43 Å². The van der Waals surface area contributed by atoms with Crippen LogP contribution in [0.4, 0.5) is 13.2 Å². The standard InChI is InChI=1S/C3H6F3NO3S.Li.H/c4-3(5,6)11(9,10)7-1-2-8;;/h7-8H,1-2H2;;/q;+1;-1. The number of halogens is 3. The van der Waals surface area contributed by atoms with Gasteiger partial charge in [0, 0.05) is 6.54 Å². The topological polar surface area (TPSA) is 66.4 Å². The Morgan fingerprint density at radius 2 is 1.83 bits per heavy atom. The number of hydrogen-bond acceptors (Lipinski definition) is 3. The van der Waals surface area contributed by atoms with Gasteiger partial charge in [-0.15, -0.1) is 0 Å². The molecule has 0 amide bonds.